The summed E-state index contributed by atoms with van der Waals surface area (Å²) < 4.78 is 0. The van der Waals surface area contributed by atoms with Gasteiger partial charge < -0.3 is 15.2 Å². The zero-order valence-corrected chi connectivity index (χ0v) is 7.69. The Kier molecular flexibility index (Phi) is 3.41. The van der Waals surface area contributed by atoms with Crippen molar-refractivity contribution in [3.8, 4) is 6.07 Å². The molecule has 0 spiro atoms. The Bertz CT molecular complexity index is 417. The number of hydrogen-bond acceptors (Lipinski definition) is 4. The first-order valence-electron chi connectivity index (χ1n) is 4.11. The highest BCUT2D eigenvalue weighted by Gasteiger charge is 2.00. The summed E-state index contributed by atoms with van der Waals surface area (Å²) in [5.74, 6) is -1.70. The normalized spacial score (nSPS) is 9.00. The third-order valence-corrected chi connectivity index (χ3v) is 1.64. The van der Waals surface area contributed by atoms with E-state index in [1.165, 1.54) is 24.3 Å². The van der Waals surface area contributed by atoms with E-state index >= 15 is 0 Å². The molecule has 5 heteroatoms. The van der Waals surface area contributed by atoms with E-state index in [4.69, 9.17) is 5.26 Å². The third kappa shape index (κ3) is 3.12. The molecule has 0 radical (unpaired) electrons. The van der Waals surface area contributed by atoms with Gasteiger partial charge in [-0.3, -0.25) is 4.79 Å². The van der Waals surface area contributed by atoms with Crippen LogP contribution in [-0.2, 0) is 4.79 Å². The van der Waals surface area contributed by atoms with Gasteiger partial charge in [0.1, 0.15) is 6.42 Å². The summed E-state index contributed by atoms with van der Waals surface area (Å²) in [4.78, 5) is 21.4. The van der Waals surface area contributed by atoms with E-state index < -0.39 is 11.9 Å². The Morgan fingerprint density at radius 1 is 1.33 bits per heavy atom. The van der Waals surface area contributed by atoms with Crippen molar-refractivity contribution in [2.24, 2.45) is 0 Å². The number of carbonyl (C=O) groups is 2. The highest BCUT2D eigenvalue weighted by Crippen LogP contribution is 2.09. The Labute approximate surface area is 86.0 Å². The summed E-state index contributed by atoms with van der Waals surface area (Å²) >= 11 is 0. The number of rotatable bonds is 3. The van der Waals surface area contributed by atoms with Crippen LogP contribution in [0.15, 0.2) is 24.3 Å². The predicted octanol–water partition coefficient (Wildman–Crippen LogP) is -0.0977. The van der Waals surface area contributed by atoms with Crippen LogP contribution in [0.25, 0.3) is 0 Å². The first kappa shape index (κ1) is 10.7. The largest absolute Gasteiger partial charge is 0.545 e. The van der Waals surface area contributed by atoms with Gasteiger partial charge in [0.15, 0.2) is 0 Å². The topological polar surface area (TPSA) is 93.0 Å². The first-order valence-corrected chi connectivity index (χ1v) is 4.11. The van der Waals surface area contributed by atoms with E-state index in [1.807, 2.05) is 0 Å². The van der Waals surface area contributed by atoms with E-state index in [0.717, 1.165) is 0 Å². The molecule has 0 saturated carbocycles. The fourth-order valence-electron chi connectivity index (χ4n) is 0.967. The van der Waals surface area contributed by atoms with E-state index in [-0.39, 0.29) is 12.0 Å². The van der Waals surface area contributed by atoms with Gasteiger partial charge >= 0.3 is 0 Å². The number of nitrogens with zero attached hydrogens (tertiary/aromatic N) is 1. The molecule has 1 N–H and O–H groups in total. The van der Waals surface area contributed by atoms with Gasteiger partial charge in [-0.2, -0.15) is 5.26 Å². The number of anilines is 1. The van der Waals surface area contributed by atoms with E-state index in [2.05, 4.69) is 5.32 Å². The molecule has 0 heterocycles. The summed E-state index contributed by atoms with van der Waals surface area (Å²) in [7, 11) is 0. The van der Waals surface area contributed by atoms with Crippen molar-refractivity contribution in [2.45, 2.75) is 6.42 Å². The molecule has 0 bridgehead atoms. The molecule has 0 aliphatic heterocycles. The Morgan fingerprint density at radius 2 is 1.93 bits per heavy atom. The van der Waals surface area contributed by atoms with Gasteiger partial charge in [-0.05, 0) is 17.7 Å². The Morgan fingerprint density at radius 3 is 2.40 bits per heavy atom. The highest BCUT2D eigenvalue weighted by molar-refractivity contribution is 5.93. The molecular weight excluding hydrogens is 196 g/mol. The van der Waals surface area contributed by atoms with Crippen LogP contribution in [0, 0.1) is 11.3 Å². The van der Waals surface area contributed by atoms with Gasteiger partial charge in [-0.1, -0.05) is 12.1 Å². The third-order valence-electron chi connectivity index (χ3n) is 1.64. The SMILES string of the molecule is N#CCC(=O)Nc1ccc(C(=O)[O-])cc1. The van der Waals surface area contributed by atoms with Gasteiger partial charge in [0.05, 0.1) is 12.0 Å². The fourth-order valence-corrected chi connectivity index (χ4v) is 0.967. The number of aromatic carboxylic acids is 1. The molecule has 0 aromatic heterocycles. The van der Waals surface area contributed by atoms with Crippen molar-refractivity contribution in [1.82, 2.24) is 0 Å². The summed E-state index contributed by atoms with van der Waals surface area (Å²) in [6.07, 6.45) is -0.234. The van der Waals surface area contributed by atoms with E-state index in [0.29, 0.717) is 5.69 Å². The van der Waals surface area contributed by atoms with Crippen LogP contribution in [0.5, 0.6) is 0 Å². The lowest BCUT2D eigenvalue weighted by Crippen LogP contribution is -2.22. The van der Waals surface area contributed by atoms with Gasteiger partial charge in [0.2, 0.25) is 5.91 Å². The van der Waals surface area contributed by atoms with Gasteiger partial charge in [0, 0.05) is 5.69 Å². The van der Waals surface area contributed by atoms with Crippen LogP contribution in [0.4, 0.5) is 5.69 Å². The minimum absolute atomic E-state index is 0.0354. The lowest BCUT2D eigenvalue weighted by atomic mass is 10.2. The van der Waals surface area contributed by atoms with Gasteiger partial charge in [-0.15, -0.1) is 0 Å². The molecule has 76 valence electrons. The number of amides is 1. The number of nitrogens with one attached hydrogen (secondary N) is 1. The molecule has 15 heavy (non-hydrogen) atoms. The minimum atomic E-state index is -1.27. The van der Waals surface area contributed by atoms with Crippen molar-refractivity contribution in [1.29, 1.82) is 5.26 Å². The average molecular weight is 203 g/mol. The molecule has 1 rings (SSSR count). The maximum Gasteiger partial charge on any atom is 0.238 e. The van der Waals surface area contributed by atoms with Crippen LogP contribution in [0.3, 0.4) is 0 Å². The molecule has 0 aliphatic carbocycles. The fraction of sp³-hybridized carbons (Fsp3) is 0.100. The van der Waals surface area contributed by atoms with Crippen LogP contribution >= 0.6 is 0 Å². The number of carboxylic acids is 1. The molecule has 0 unspecified atom stereocenters. The molecule has 1 amide bonds. The van der Waals surface area contributed by atoms with Crippen molar-refractivity contribution in [2.75, 3.05) is 5.32 Å². The summed E-state index contributed by atoms with van der Waals surface area (Å²) in [6, 6.07) is 7.20. The summed E-state index contributed by atoms with van der Waals surface area (Å²) in [5, 5.41) is 21.1. The second-order valence-corrected chi connectivity index (χ2v) is 2.75. The summed E-state index contributed by atoms with van der Waals surface area (Å²) in [6.45, 7) is 0. The van der Waals surface area contributed by atoms with Crippen LogP contribution in [0.1, 0.15) is 16.8 Å². The highest BCUT2D eigenvalue weighted by atomic mass is 16.4. The molecule has 0 atom stereocenters. The summed E-state index contributed by atoms with van der Waals surface area (Å²) in [5.41, 5.74) is 0.480. The smallest absolute Gasteiger partial charge is 0.238 e. The number of nitriles is 1. The molecule has 0 saturated heterocycles. The Hall–Kier alpha value is -2.35. The van der Waals surface area contributed by atoms with Gasteiger partial charge in [0.25, 0.3) is 0 Å². The van der Waals surface area contributed by atoms with Crippen molar-refractivity contribution in [3.63, 3.8) is 0 Å². The van der Waals surface area contributed by atoms with Gasteiger partial charge in [-0.25, -0.2) is 0 Å². The molecular formula is C10H7N2O3-. The maximum atomic E-state index is 11.0. The first-order chi connectivity index (χ1) is 7.13. The quantitative estimate of drug-likeness (QED) is 0.742. The van der Waals surface area contributed by atoms with Crippen molar-refractivity contribution < 1.29 is 14.7 Å². The zero-order chi connectivity index (χ0) is 11.3. The maximum absolute atomic E-state index is 11.0. The molecule has 1 aromatic rings. The lowest BCUT2D eigenvalue weighted by molar-refractivity contribution is -0.255. The molecule has 5 nitrogen and oxygen atoms in total. The molecule has 0 fully saturated rings. The minimum Gasteiger partial charge on any atom is -0.545 e. The second-order valence-electron chi connectivity index (χ2n) is 2.75. The van der Waals surface area contributed by atoms with Crippen LogP contribution < -0.4 is 10.4 Å². The number of benzene rings is 1. The van der Waals surface area contributed by atoms with Crippen molar-refractivity contribution >= 4 is 17.6 Å². The second kappa shape index (κ2) is 4.77. The number of carboxylic acid groups (broad SMARTS) is 1. The number of hydrogen-bond donors (Lipinski definition) is 1. The predicted molar refractivity (Wildman–Crippen MR) is 49.6 cm³/mol. The van der Waals surface area contributed by atoms with Crippen LogP contribution in [0.2, 0.25) is 0 Å². The monoisotopic (exact) mass is 203 g/mol. The molecule has 1 aromatic carbocycles. The molecule has 0 aliphatic rings. The lowest BCUT2D eigenvalue weighted by Gasteiger charge is -2.05. The number of carbonyl (C=O) groups excluding carboxylic acids is 2. The van der Waals surface area contributed by atoms with Crippen molar-refractivity contribution in [3.05, 3.63) is 29.8 Å². The zero-order valence-electron chi connectivity index (χ0n) is 7.69. The van der Waals surface area contributed by atoms with E-state index in [9.17, 15) is 14.7 Å². The standard InChI is InChI=1S/C10H8N2O3/c11-6-5-9(13)12-8-3-1-7(2-4-8)10(14)15/h1-4H,5H2,(H,12,13)(H,14,15)/p-1. The van der Waals surface area contributed by atoms with E-state index in [1.54, 1.807) is 6.07 Å². The average Bonchev–Trinajstić information content (AvgIpc) is 2.18. The Balaban J connectivity index is 2.69. The van der Waals surface area contributed by atoms with Crippen LogP contribution in [-0.4, -0.2) is 11.9 Å².